The Bertz CT molecular complexity index is 1310. The lowest BCUT2D eigenvalue weighted by atomic mass is 10.0. The van der Waals surface area contributed by atoms with E-state index in [1.165, 1.54) is 47.5 Å². The standard InChI is InChI=1S/C25H25N3O5S/c1-18(20-11-10-19-6-5-7-21(19)16-20)26-25(29)17-27(22-12-14-23(15-13-22)28(30)31)34(32,33)24-8-3-2-4-9-24/h2-4,8-16,18H,5-7,17H2,1H3,(H,26,29)/t18-/m0/s1. The third-order valence-corrected chi connectivity index (χ3v) is 7.76. The largest absolute Gasteiger partial charge is 0.348 e. The molecular formula is C25H25N3O5S. The molecule has 1 N–H and O–H groups in total. The number of benzene rings is 3. The molecule has 4 rings (SSSR count). The van der Waals surface area contributed by atoms with Gasteiger partial charge in [-0.3, -0.25) is 19.2 Å². The summed E-state index contributed by atoms with van der Waals surface area (Å²) in [5, 5.41) is 13.9. The van der Waals surface area contributed by atoms with Crippen LogP contribution in [0.25, 0.3) is 0 Å². The molecule has 34 heavy (non-hydrogen) atoms. The molecule has 0 bridgehead atoms. The van der Waals surface area contributed by atoms with Crippen molar-refractivity contribution in [3.8, 4) is 0 Å². The number of amides is 1. The number of sulfonamides is 1. The van der Waals surface area contributed by atoms with Crippen LogP contribution in [0.3, 0.4) is 0 Å². The molecule has 0 unspecified atom stereocenters. The number of aryl methyl sites for hydroxylation is 2. The Morgan fingerprint density at radius 1 is 1.03 bits per heavy atom. The van der Waals surface area contributed by atoms with Crippen LogP contribution >= 0.6 is 0 Å². The number of nitro groups is 1. The Kier molecular flexibility index (Phi) is 6.65. The maximum absolute atomic E-state index is 13.4. The fourth-order valence-electron chi connectivity index (χ4n) is 4.14. The SMILES string of the molecule is C[C@H](NC(=O)CN(c1ccc([N+](=O)[O-])cc1)S(=O)(=O)c1ccccc1)c1ccc2c(c1)CCC2. The van der Waals surface area contributed by atoms with Gasteiger partial charge in [-0.05, 0) is 67.1 Å². The first kappa shape index (κ1) is 23.4. The number of carbonyl (C=O) groups is 1. The van der Waals surface area contributed by atoms with Gasteiger partial charge in [0.15, 0.2) is 0 Å². The minimum atomic E-state index is -4.09. The van der Waals surface area contributed by atoms with E-state index in [2.05, 4.69) is 17.4 Å². The van der Waals surface area contributed by atoms with Gasteiger partial charge in [0.2, 0.25) is 5.91 Å². The van der Waals surface area contributed by atoms with Crippen molar-refractivity contribution in [2.24, 2.45) is 0 Å². The van der Waals surface area contributed by atoms with Gasteiger partial charge in [0.1, 0.15) is 6.54 Å². The molecular weight excluding hydrogens is 454 g/mol. The number of carbonyl (C=O) groups excluding carboxylic acids is 1. The highest BCUT2D eigenvalue weighted by atomic mass is 32.2. The molecule has 0 saturated heterocycles. The van der Waals surface area contributed by atoms with Crippen LogP contribution in [-0.4, -0.2) is 25.8 Å². The Balaban J connectivity index is 1.58. The van der Waals surface area contributed by atoms with E-state index >= 15 is 0 Å². The average Bonchev–Trinajstić information content (AvgIpc) is 3.31. The Morgan fingerprint density at radius 2 is 1.71 bits per heavy atom. The molecule has 0 aromatic heterocycles. The molecule has 1 aliphatic carbocycles. The minimum Gasteiger partial charge on any atom is -0.348 e. The van der Waals surface area contributed by atoms with Gasteiger partial charge in [-0.25, -0.2) is 8.42 Å². The predicted molar refractivity (Wildman–Crippen MR) is 129 cm³/mol. The zero-order valence-corrected chi connectivity index (χ0v) is 19.5. The van der Waals surface area contributed by atoms with Gasteiger partial charge in [-0.15, -0.1) is 0 Å². The van der Waals surface area contributed by atoms with Crippen LogP contribution in [0.5, 0.6) is 0 Å². The Labute approximate surface area is 198 Å². The molecule has 9 heteroatoms. The lowest BCUT2D eigenvalue weighted by molar-refractivity contribution is -0.384. The molecule has 8 nitrogen and oxygen atoms in total. The van der Waals surface area contributed by atoms with Crippen molar-refractivity contribution in [3.63, 3.8) is 0 Å². The molecule has 1 aliphatic rings. The fraction of sp³-hybridized carbons (Fsp3) is 0.240. The number of rotatable bonds is 8. The summed E-state index contributed by atoms with van der Waals surface area (Å²) in [4.78, 5) is 23.4. The van der Waals surface area contributed by atoms with Crippen LogP contribution in [0.2, 0.25) is 0 Å². The summed E-state index contributed by atoms with van der Waals surface area (Å²) < 4.78 is 27.7. The van der Waals surface area contributed by atoms with Crippen LogP contribution < -0.4 is 9.62 Å². The van der Waals surface area contributed by atoms with Crippen LogP contribution in [0.4, 0.5) is 11.4 Å². The molecule has 1 amide bonds. The van der Waals surface area contributed by atoms with Crippen molar-refractivity contribution in [1.29, 1.82) is 0 Å². The minimum absolute atomic E-state index is 0.0211. The molecule has 3 aromatic rings. The number of nitrogens with one attached hydrogen (secondary N) is 1. The summed E-state index contributed by atoms with van der Waals surface area (Å²) in [6.07, 6.45) is 3.21. The second kappa shape index (κ2) is 9.64. The number of non-ortho nitro benzene ring substituents is 1. The molecule has 0 spiro atoms. The van der Waals surface area contributed by atoms with Crippen molar-refractivity contribution >= 4 is 27.3 Å². The van der Waals surface area contributed by atoms with Gasteiger partial charge in [-0.1, -0.05) is 36.4 Å². The Morgan fingerprint density at radius 3 is 2.38 bits per heavy atom. The van der Waals surface area contributed by atoms with E-state index < -0.39 is 27.4 Å². The van der Waals surface area contributed by atoms with E-state index in [1.54, 1.807) is 18.2 Å². The van der Waals surface area contributed by atoms with Crippen molar-refractivity contribution in [2.45, 2.75) is 37.1 Å². The number of hydrogen-bond acceptors (Lipinski definition) is 5. The lowest BCUT2D eigenvalue weighted by Gasteiger charge is -2.25. The summed E-state index contributed by atoms with van der Waals surface area (Å²) in [5.41, 5.74) is 3.57. The Hall–Kier alpha value is -3.72. The van der Waals surface area contributed by atoms with Crippen molar-refractivity contribution in [2.75, 3.05) is 10.8 Å². The molecule has 0 fully saturated rings. The summed E-state index contributed by atoms with van der Waals surface area (Å²) in [7, 11) is -4.09. The van der Waals surface area contributed by atoms with Crippen LogP contribution in [0.1, 0.15) is 36.1 Å². The molecule has 0 saturated carbocycles. The molecule has 0 heterocycles. The van der Waals surface area contributed by atoms with Crippen LogP contribution in [0, 0.1) is 10.1 Å². The number of nitro benzene ring substituents is 1. The highest BCUT2D eigenvalue weighted by Gasteiger charge is 2.28. The van der Waals surface area contributed by atoms with Gasteiger partial charge in [-0.2, -0.15) is 0 Å². The highest BCUT2D eigenvalue weighted by Crippen LogP contribution is 2.27. The number of anilines is 1. The van der Waals surface area contributed by atoms with Crippen molar-refractivity contribution in [1.82, 2.24) is 5.32 Å². The average molecular weight is 480 g/mol. The fourth-order valence-corrected chi connectivity index (χ4v) is 5.58. The molecule has 0 aliphatic heterocycles. The molecule has 1 atom stereocenters. The smallest absolute Gasteiger partial charge is 0.269 e. The van der Waals surface area contributed by atoms with Gasteiger partial charge in [0.05, 0.1) is 21.5 Å². The van der Waals surface area contributed by atoms with Gasteiger partial charge >= 0.3 is 0 Å². The van der Waals surface area contributed by atoms with Crippen molar-refractivity contribution in [3.05, 3.63) is 99.6 Å². The van der Waals surface area contributed by atoms with E-state index in [0.29, 0.717) is 0 Å². The normalized spacial score (nSPS) is 13.7. The second-order valence-electron chi connectivity index (χ2n) is 8.27. The van der Waals surface area contributed by atoms with Crippen LogP contribution in [-0.2, 0) is 27.7 Å². The van der Waals surface area contributed by atoms with Gasteiger partial charge in [0.25, 0.3) is 15.7 Å². The summed E-state index contributed by atoms with van der Waals surface area (Å²) in [5.74, 6) is -0.481. The quantitative estimate of drug-likeness (QED) is 0.385. The number of nitrogens with zero attached hydrogens (tertiary/aromatic N) is 2. The van der Waals surface area contributed by atoms with E-state index in [-0.39, 0.29) is 22.3 Å². The summed E-state index contributed by atoms with van der Waals surface area (Å²) in [6.45, 7) is 1.39. The first-order valence-electron chi connectivity index (χ1n) is 11.0. The van der Waals surface area contributed by atoms with Gasteiger partial charge < -0.3 is 5.32 Å². The van der Waals surface area contributed by atoms with E-state index in [0.717, 1.165) is 29.1 Å². The van der Waals surface area contributed by atoms with Crippen LogP contribution in [0.15, 0.2) is 77.7 Å². The van der Waals surface area contributed by atoms with Crippen molar-refractivity contribution < 1.29 is 18.1 Å². The van der Waals surface area contributed by atoms with E-state index in [1.807, 2.05) is 13.0 Å². The summed E-state index contributed by atoms with van der Waals surface area (Å²) >= 11 is 0. The van der Waals surface area contributed by atoms with E-state index in [9.17, 15) is 23.3 Å². The molecule has 176 valence electrons. The van der Waals surface area contributed by atoms with E-state index in [4.69, 9.17) is 0 Å². The third kappa shape index (κ3) is 4.94. The lowest BCUT2D eigenvalue weighted by Crippen LogP contribution is -2.41. The first-order valence-corrected chi connectivity index (χ1v) is 12.4. The first-order chi connectivity index (χ1) is 16.3. The molecule has 3 aromatic carbocycles. The maximum atomic E-state index is 13.4. The monoisotopic (exact) mass is 479 g/mol. The third-order valence-electron chi connectivity index (χ3n) is 5.97. The number of fused-ring (bicyclic) bond motifs is 1. The summed E-state index contributed by atoms with van der Waals surface area (Å²) in [6, 6.07) is 18.7. The maximum Gasteiger partial charge on any atom is 0.269 e. The second-order valence-corrected chi connectivity index (χ2v) is 10.1. The molecule has 0 radical (unpaired) electrons. The number of hydrogen-bond donors (Lipinski definition) is 1. The zero-order chi connectivity index (χ0) is 24.3. The highest BCUT2D eigenvalue weighted by molar-refractivity contribution is 7.92. The predicted octanol–water partition coefficient (Wildman–Crippen LogP) is 4.16. The topological polar surface area (TPSA) is 110 Å². The van der Waals surface area contributed by atoms with Gasteiger partial charge in [0, 0.05) is 12.1 Å². The zero-order valence-electron chi connectivity index (χ0n) is 18.7.